The Bertz CT molecular complexity index is 857. The van der Waals surface area contributed by atoms with E-state index in [9.17, 15) is 15.0 Å². The fourth-order valence-corrected chi connectivity index (χ4v) is 3.94. The molecule has 0 saturated heterocycles. The largest absolute Gasteiger partial charge is 0.491 e. The number of rotatable bonds is 1. The van der Waals surface area contributed by atoms with Crippen LogP contribution in [0.3, 0.4) is 0 Å². The van der Waals surface area contributed by atoms with Crippen LogP contribution < -0.4 is 4.74 Å². The zero-order valence-electron chi connectivity index (χ0n) is 17.4. The van der Waals surface area contributed by atoms with E-state index >= 15 is 0 Å². The van der Waals surface area contributed by atoms with Crippen LogP contribution in [0, 0.1) is 6.92 Å². The van der Waals surface area contributed by atoms with E-state index in [4.69, 9.17) is 16.3 Å². The molecule has 0 unspecified atom stereocenters. The van der Waals surface area contributed by atoms with Gasteiger partial charge in [0.25, 0.3) is 5.91 Å². The molecule has 0 spiro atoms. The topological polar surface area (TPSA) is 70.0 Å². The highest BCUT2D eigenvalue weighted by Gasteiger charge is 2.22. The third kappa shape index (κ3) is 5.97. The van der Waals surface area contributed by atoms with Crippen molar-refractivity contribution in [2.45, 2.75) is 51.2 Å². The number of aliphatic hydroxyl groups excluding tert-OH is 2. The second kappa shape index (κ2) is 10.8. The number of nitrogens with zero attached hydrogens (tertiary/aromatic N) is 1. The van der Waals surface area contributed by atoms with Gasteiger partial charge in [0.05, 0.1) is 6.10 Å². The van der Waals surface area contributed by atoms with Crippen molar-refractivity contribution in [1.29, 1.82) is 0 Å². The van der Waals surface area contributed by atoms with Crippen molar-refractivity contribution in [3.05, 3.63) is 64.2 Å². The molecule has 2 N–H and O–H groups in total. The van der Waals surface area contributed by atoms with Gasteiger partial charge in [-0.1, -0.05) is 36.2 Å². The molecule has 0 aromatic heterocycles. The first-order valence-corrected chi connectivity index (χ1v) is 11.0. The van der Waals surface area contributed by atoms with E-state index in [1.807, 2.05) is 43.3 Å². The number of ether oxygens (including phenoxy) is 1. The summed E-state index contributed by atoms with van der Waals surface area (Å²) in [5.41, 5.74) is 2.61. The van der Waals surface area contributed by atoms with Crippen LogP contribution in [-0.2, 0) is 6.42 Å². The van der Waals surface area contributed by atoms with Gasteiger partial charge in [-0.15, -0.1) is 0 Å². The second-order valence-corrected chi connectivity index (χ2v) is 8.34. The molecule has 1 amide bonds. The standard InChI is InChI=1S/C24H30ClNO4/c1-17-7-4-5-9-20(17)24(29)26-13-6-2-3-8-18-15-19(25)10-11-23(18)30-16-22(28)21(27)12-14-26/h4-5,7,9-11,15,21-22,27-28H,2-3,6,8,12-14,16H2,1H3/t21-,22+/m0/s1. The first-order valence-electron chi connectivity index (χ1n) is 10.6. The van der Waals surface area contributed by atoms with Crippen molar-refractivity contribution < 1.29 is 19.7 Å². The number of carbonyl (C=O) groups excluding carboxylic acids is 1. The van der Waals surface area contributed by atoms with Crippen molar-refractivity contribution in [2.75, 3.05) is 19.7 Å². The lowest BCUT2D eigenvalue weighted by atomic mass is 10.0. The number of amides is 1. The number of hydrogen-bond acceptors (Lipinski definition) is 4. The van der Waals surface area contributed by atoms with Gasteiger partial charge >= 0.3 is 0 Å². The summed E-state index contributed by atoms with van der Waals surface area (Å²) < 4.78 is 5.78. The number of halogens is 1. The quantitative estimate of drug-likeness (QED) is 0.715. The van der Waals surface area contributed by atoms with Gasteiger partial charge in [0, 0.05) is 23.7 Å². The molecule has 2 atom stereocenters. The molecule has 1 heterocycles. The monoisotopic (exact) mass is 431 g/mol. The highest BCUT2D eigenvalue weighted by atomic mass is 35.5. The van der Waals surface area contributed by atoms with Gasteiger partial charge in [-0.25, -0.2) is 0 Å². The van der Waals surface area contributed by atoms with Gasteiger partial charge in [0.1, 0.15) is 18.5 Å². The molecule has 2 aromatic rings. The number of carbonyl (C=O) groups is 1. The summed E-state index contributed by atoms with van der Waals surface area (Å²) in [6.07, 6.45) is 1.87. The molecule has 5 nitrogen and oxygen atoms in total. The molecule has 1 aliphatic heterocycles. The Morgan fingerprint density at radius 2 is 1.87 bits per heavy atom. The number of benzene rings is 2. The molecule has 0 saturated carbocycles. The minimum Gasteiger partial charge on any atom is -0.491 e. The van der Waals surface area contributed by atoms with Crippen LogP contribution >= 0.6 is 11.6 Å². The van der Waals surface area contributed by atoms with Crippen molar-refractivity contribution in [3.8, 4) is 5.75 Å². The van der Waals surface area contributed by atoms with Crippen LogP contribution in [0.25, 0.3) is 0 Å². The van der Waals surface area contributed by atoms with Crippen LogP contribution in [0.2, 0.25) is 5.02 Å². The average molecular weight is 432 g/mol. The Morgan fingerprint density at radius 1 is 1.07 bits per heavy atom. The highest BCUT2D eigenvalue weighted by Crippen LogP contribution is 2.25. The Labute approximate surface area is 183 Å². The minimum atomic E-state index is -1.04. The summed E-state index contributed by atoms with van der Waals surface area (Å²) in [5.74, 6) is 0.661. The van der Waals surface area contributed by atoms with Crippen LogP contribution in [0.1, 0.15) is 47.2 Å². The van der Waals surface area contributed by atoms with Gasteiger partial charge in [-0.3, -0.25) is 4.79 Å². The van der Waals surface area contributed by atoms with Crippen LogP contribution in [0.15, 0.2) is 42.5 Å². The van der Waals surface area contributed by atoms with Crippen molar-refractivity contribution in [1.82, 2.24) is 4.90 Å². The predicted molar refractivity (Wildman–Crippen MR) is 118 cm³/mol. The van der Waals surface area contributed by atoms with E-state index in [2.05, 4.69) is 0 Å². The molecule has 0 bridgehead atoms. The van der Waals surface area contributed by atoms with Crippen molar-refractivity contribution in [3.63, 3.8) is 0 Å². The number of hydrogen-bond donors (Lipinski definition) is 2. The SMILES string of the molecule is Cc1ccccc1C(=O)N1CCCCCc2cc(Cl)ccc2OC[C@@H](O)[C@@H](O)CC1. The number of fused-ring (bicyclic) bond motifs is 1. The van der Waals surface area contributed by atoms with Crippen molar-refractivity contribution >= 4 is 17.5 Å². The molecular weight excluding hydrogens is 402 g/mol. The smallest absolute Gasteiger partial charge is 0.254 e. The zero-order valence-corrected chi connectivity index (χ0v) is 18.1. The summed E-state index contributed by atoms with van der Waals surface area (Å²) in [6, 6.07) is 13.0. The van der Waals surface area contributed by atoms with Gasteiger partial charge in [0.15, 0.2) is 0 Å². The summed E-state index contributed by atoms with van der Waals surface area (Å²) >= 11 is 6.14. The lowest BCUT2D eigenvalue weighted by Gasteiger charge is -2.27. The molecule has 1 aliphatic rings. The van der Waals surface area contributed by atoms with E-state index < -0.39 is 12.2 Å². The van der Waals surface area contributed by atoms with E-state index in [-0.39, 0.29) is 18.9 Å². The molecule has 0 aliphatic carbocycles. The molecule has 6 heteroatoms. The molecule has 2 aromatic carbocycles. The van der Waals surface area contributed by atoms with E-state index in [1.54, 1.807) is 11.0 Å². The third-order valence-corrected chi connectivity index (χ3v) is 5.84. The molecule has 162 valence electrons. The Balaban J connectivity index is 1.74. The summed E-state index contributed by atoms with van der Waals surface area (Å²) in [5, 5.41) is 21.4. The number of aliphatic hydroxyl groups is 2. The zero-order chi connectivity index (χ0) is 21.5. The van der Waals surface area contributed by atoms with Crippen LogP contribution in [-0.4, -0.2) is 52.9 Å². The molecule has 0 fully saturated rings. The Morgan fingerprint density at radius 3 is 2.67 bits per heavy atom. The maximum absolute atomic E-state index is 13.1. The van der Waals surface area contributed by atoms with Gasteiger partial charge in [-0.05, 0) is 68.0 Å². The summed E-state index contributed by atoms with van der Waals surface area (Å²) in [4.78, 5) is 14.9. The average Bonchev–Trinajstić information content (AvgIpc) is 2.74. The molecule has 30 heavy (non-hydrogen) atoms. The number of aryl methyl sites for hydroxylation is 2. The van der Waals surface area contributed by atoms with Gasteiger partial charge in [0.2, 0.25) is 0 Å². The van der Waals surface area contributed by atoms with E-state index in [0.717, 1.165) is 36.8 Å². The first kappa shape index (κ1) is 22.6. The Kier molecular flexibility index (Phi) is 8.14. The lowest BCUT2D eigenvalue weighted by Crippen LogP contribution is -2.39. The van der Waals surface area contributed by atoms with E-state index in [1.165, 1.54) is 0 Å². The highest BCUT2D eigenvalue weighted by molar-refractivity contribution is 6.30. The maximum atomic E-state index is 13.1. The molecule has 3 rings (SSSR count). The third-order valence-electron chi connectivity index (χ3n) is 5.61. The predicted octanol–water partition coefficient (Wildman–Crippen LogP) is 4.01. The van der Waals surface area contributed by atoms with Crippen LogP contribution in [0.4, 0.5) is 0 Å². The fraction of sp³-hybridized carbons (Fsp3) is 0.458. The fourth-order valence-electron chi connectivity index (χ4n) is 3.74. The lowest BCUT2D eigenvalue weighted by molar-refractivity contribution is -0.0153. The van der Waals surface area contributed by atoms with Crippen molar-refractivity contribution in [2.24, 2.45) is 0 Å². The molecular formula is C24H30ClNO4. The Hall–Kier alpha value is -2.08. The van der Waals surface area contributed by atoms with Gasteiger partial charge < -0.3 is 19.8 Å². The van der Waals surface area contributed by atoms with Crippen LogP contribution in [0.5, 0.6) is 5.75 Å². The van der Waals surface area contributed by atoms with Gasteiger partial charge in [-0.2, -0.15) is 0 Å². The summed E-state index contributed by atoms with van der Waals surface area (Å²) in [6.45, 7) is 2.92. The second-order valence-electron chi connectivity index (χ2n) is 7.90. The first-order chi connectivity index (χ1) is 14.5. The molecule has 0 radical (unpaired) electrons. The van der Waals surface area contributed by atoms with E-state index in [0.29, 0.717) is 29.4 Å². The normalized spacial score (nSPS) is 21.3. The minimum absolute atomic E-state index is 0.0124. The maximum Gasteiger partial charge on any atom is 0.254 e. The summed E-state index contributed by atoms with van der Waals surface area (Å²) in [7, 11) is 0.